The predicted molar refractivity (Wildman–Crippen MR) is 12.1 cm³/mol. The van der Waals surface area contributed by atoms with E-state index < -0.39 is 45.5 Å². The molecule has 0 N–H and O–H groups in total. The summed E-state index contributed by atoms with van der Waals surface area (Å²) in [5.41, 5.74) is 0. The molecule has 0 aliphatic carbocycles. The normalized spacial score (nSPS) is 14.4. The van der Waals surface area contributed by atoms with Crippen LogP contribution in [0.3, 0.4) is 0 Å². The summed E-state index contributed by atoms with van der Waals surface area (Å²) in [6.45, 7) is 0. The second kappa shape index (κ2) is 3.04. The molecule has 0 aliphatic heterocycles. The van der Waals surface area contributed by atoms with Crippen LogP contribution < -0.4 is 0 Å². The molecule has 9 heavy (non-hydrogen) atoms. The first-order valence-electron chi connectivity index (χ1n) is 1.49. The summed E-state index contributed by atoms with van der Waals surface area (Å²) >= 11 is -3.49. The number of rotatable bonds is 0. The molecule has 0 saturated heterocycles. The fourth-order valence-corrected chi connectivity index (χ4v) is 0.762. The van der Waals surface area contributed by atoms with Gasteiger partial charge in [-0.25, -0.2) is 0 Å². The van der Waals surface area contributed by atoms with Gasteiger partial charge in [0.05, 0.1) is 0 Å². The van der Waals surface area contributed by atoms with Crippen LogP contribution in [0.25, 0.3) is 0 Å². The van der Waals surface area contributed by atoms with Crippen LogP contribution in [0.4, 0.5) is 26.3 Å². The summed E-state index contributed by atoms with van der Waals surface area (Å²) in [7, 11) is 0. The van der Waals surface area contributed by atoms with Crippen LogP contribution in [-0.4, -0.2) is 1.29 Å². The maximum atomic E-state index is 10.9. The van der Waals surface area contributed by atoms with Gasteiger partial charge in [-0.1, -0.05) is 0 Å². The van der Waals surface area contributed by atoms with Crippen LogP contribution in [0.1, 0.15) is 0 Å². The molecule has 0 spiro atoms. The molecule has 0 aromatic rings. The molecule has 0 radical (unpaired) electrons. The minimum absolute atomic E-state index is 3.49. The van der Waals surface area contributed by atoms with E-state index in [1.807, 2.05) is 0 Å². The van der Waals surface area contributed by atoms with Crippen molar-refractivity contribution in [3.63, 3.8) is 0 Å². The SMILES string of the molecule is FC(F)(F)[Xe]C(F)(F)F. The number of hydrogen-bond donors (Lipinski definition) is 0. The summed E-state index contributed by atoms with van der Waals surface area (Å²) in [5.74, 6) is 0. The minimum atomic E-state index is -5.05. The van der Waals surface area contributed by atoms with Crippen LogP contribution in [0.2, 0.25) is 0 Å². The van der Waals surface area contributed by atoms with Gasteiger partial charge in [0.15, 0.2) is 0 Å². The number of halogens is 6. The summed E-state index contributed by atoms with van der Waals surface area (Å²) in [5, 5.41) is 0. The topological polar surface area (TPSA) is 0 Å². The van der Waals surface area contributed by atoms with Crippen molar-refractivity contribution in [1.82, 2.24) is 0 Å². The second-order valence-corrected chi connectivity index (χ2v) is 3.71. The van der Waals surface area contributed by atoms with E-state index >= 15 is 0 Å². The van der Waals surface area contributed by atoms with Gasteiger partial charge in [0.2, 0.25) is 0 Å². The first-order valence-corrected chi connectivity index (χ1v) is 3.51. The van der Waals surface area contributed by atoms with Crippen molar-refractivity contribution in [3.8, 4) is 0 Å². The Morgan fingerprint density at radius 2 is 0.889 bits per heavy atom. The van der Waals surface area contributed by atoms with Crippen molar-refractivity contribution in [2.45, 2.75) is 1.29 Å². The van der Waals surface area contributed by atoms with E-state index in [2.05, 4.69) is 0 Å². The molecular formula is C2F6Xe. The summed E-state index contributed by atoms with van der Waals surface area (Å²) < 4.78 is 55.1. The van der Waals surface area contributed by atoms with Gasteiger partial charge in [0, 0.05) is 0 Å². The van der Waals surface area contributed by atoms with Crippen molar-refractivity contribution in [2.75, 3.05) is 0 Å². The molecular weight excluding hydrogens is 269 g/mol. The number of alkyl halides is 6. The monoisotopic (exact) mass is 270 g/mol. The van der Waals surface area contributed by atoms with Crippen molar-refractivity contribution in [2.24, 2.45) is 0 Å². The van der Waals surface area contributed by atoms with E-state index in [9.17, 15) is 26.3 Å². The fourth-order valence-electron chi connectivity index (χ4n) is 0.114. The molecule has 7 heteroatoms. The van der Waals surface area contributed by atoms with Crippen molar-refractivity contribution >= 4 is 0 Å². The molecule has 0 unspecified atom stereocenters. The molecule has 0 aromatic heterocycles. The first kappa shape index (κ1) is 10.2. The fraction of sp³-hybridized carbons (Fsp3) is 1.00. The Morgan fingerprint density at radius 3 is 0.889 bits per heavy atom. The average Bonchev–Trinajstić information content (AvgIpc) is 1.14. The first-order chi connectivity index (χ1) is 3.71. The standard InChI is InChI=1S/C2F6Xe/c3-1(4,5)9-2(6,7)8. The number of hydrogen-bond acceptors (Lipinski definition) is 0. The zero-order valence-corrected chi connectivity index (χ0v) is 5.64. The molecule has 0 fully saturated rings. The Morgan fingerprint density at radius 1 is 0.667 bits per heavy atom. The quantitative estimate of drug-likeness (QED) is 0.591. The zero-order valence-electron chi connectivity index (χ0n) is 3.62. The third-order valence-corrected chi connectivity index (χ3v) is 1.34. The molecule has 0 rings (SSSR count). The van der Waals surface area contributed by atoms with E-state index in [-0.39, 0.29) is 0 Å². The second-order valence-electron chi connectivity index (χ2n) is 0.918. The van der Waals surface area contributed by atoms with E-state index in [1.54, 1.807) is 0 Å². The van der Waals surface area contributed by atoms with Gasteiger partial charge in [-0.2, -0.15) is 0 Å². The van der Waals surface area contributed by atoms with Gasteiger partial charge in [0.1, 0.15) is 0 Å². The third kappa shape index (κ3) is 9.15. The average molecular weight is 269 g/mol. The molecule has 0 amide bonds. The van der Waals surface area contributed by atoms with Crippen LogP contribution in [0.15, 0.2) is 0 Å². The van der Waals surface area contributed by atoms with Crippen molar-refractivity contribution < 1.29 is 70.5 Å². The Hall–Kier alpha value is 1.15. The van der Waals surface area contributed by atoms with Gasteiger partial charge < -0.3 is 0 Å². The molecule has 0 heterocycles. The van der Waals surface area contributed by atoms with Crippen LogP contribution in [-0.2, 0) is 0 Å². The van der Waals surface area contributed by atoms with Crippen molar-refractivity contribution in [3.05, 3.63) is 0 Å². The van der Waals surface area contributed by atoms with Gasteiger partial charge in [0.25, 0.3) is 0 Å². The van der Waals surface area contributed by atoms with Gasteiger partial charge in [-0.05, 0) is 0 Å². The van der Waals surface area contributed by atoms with E-state index in [0.717, 1.165) is 0 Å². The molecule has 0 bridgehead atoms. The van der Waals surface area contributed by atoms with Crippen molar-refractivity contribution in [1.29, 1.82) is 0 Å². The summed E-state index contributed by atoms with van der Waals surface area (Å²) in [6, 6.07) is 0. The molecule has 0 nitrogen and oxygen atoms in total. The Kier molecular flexibility index (Phi) is 3.42. The molecule has 0 aliphatic rings. The van der Waals surface area contributed by atoms with Crippen LogP contribution in [0, 0.1) is 44.2 Å². The van der Waals surface area contributed by atoms with Gasteiger partial charge >= 0.3 is 71.8 Å². The summed E-state index contributed by atoms with van der Waals surface area (Å²) in [6.07, 6.45) is 0. The molecule has 0 saturated carbocycles. The summed E-state index contributed by atoms with van der Waals surface area (Å²) in [4.78, 5) is 0. The Balaban J connectivity index is 3.75. The van der Waals surface area contributed by atoms with E-state index in [4.69, 9.17) is 0 Å². The van der Waals surface area contributed by atoms with Gasteiger partial charge in [-0.3, -0.25) is 0 Å². The zero-order chi connectivity index (χ0) is 7.71. The third-order valence-electron chi connectivity index (χ3n) is 0.200. The maximum absolute atomic E-state index is 10.9. The van der Waals surface area contributed by atoms with Crippen LogP contribution >= 0.6 is 0 Å². The molecule has 0 aromatic carbocycles. The van der Waals surface area contributed by atoms with E-state index in [0.29, 0.717) is 0 Å². The molecule has 58 valence electrons. The van der Waals surface area contributed by atoms with E-state index in [1.165, 1.54) is 0 Å². The van der Waals surface area contributed by atoms with Crippen LogP contribution in [0.5, 0.6) is 0 Å². The predicted octanol–water partition coefficient (Wildman–Crippen LogP) is 2.11. The Labute approximate surface area is 70.9 Å². The molecule has 0 atom stereocenters. The van der Waals surface area contributed by atoms with Gasteiger partial charge in [-0.15, -0.1) is 0 Å². The Bertz CT molecular complexity index is 76.2.